The summed E-state index contributed by atoms with van der Waals surface area (Å²) in [6, 6.07) is 6.88. The first-order chi connectivity index (χ1) is 15.2. The van der Waals surface area contributed by atoms with Crippen molar-refractivity contribution >= 4 is 27.4 Å². The zero-order chi connectivity index (χ0) is 22.5. The van der Waals surface area contributed by atoms with Gasteiger partial charge in [-0.05, 0) is 31.1 Å². The maximum absolute atomic E-state index is 11.6. The monoisotopic (exact) mass is 454 g/mol. The molecule has 1 saturated carbocycles. The number of H-pyrrole nitrogens is 2. The highest BCUT2D eigenvalue weighted by Crippen LogP contribution is 2.23. The Bertz CT molecular complexity index is 1630. The van der Waals surface area contributed by atoms with Crippen LogP contribution in [0.2, 0.25) is 0 Å². The van der Waals surface area contributed by atoms with Crippen molar-refractivity contribution in [3.63, 3.8) is 0 Å². The summed E-state index contributed by atoms with van der Waals surface area (Å²) < 4.78 is 27.1. The largest absolute Gasteiger partial charge is 0.493 e. The summed E-state index contributed by atoms with van der Waals surface area (Å²) in [5.41, 5.74) is 1.38. The smallest absolute Gasteiger partial charge is 0.326 e. The molecule has 12 nitrogen and oxygen atoms in total. The summed E-state index contributed by atoms with van der Waals surface area (Å²) in [7, 11) is -3.45. The maximum Gasteiger partial charge on any atom is 0.326 e. The van der Waals surface area contributed by atoms with Crippen LogP contribution in [0.5, 0.6) is 5.88 Å². The van der Waals surface area contributed by atoms with E-state index in [9.17, 15) is 18.3 Å². The predicted octanol–water partition coefficient (Wildman–Crippen LogP) is -0.504. The summed E-state index contributed by atoms with van der Waals surface area (Å²) in [4.78, 5) is 30.0. The van der Waals surface area contributed by atoms with Crippen LogP contribution in [0.4, 0.5) is 5.69 Å². The molecular formula is C19H18N8O4S. The number of aromatic amines is 2. The Morgan fingerprint density at radius 2 is 2.09 bits per heavy atom. The second kappa shape index (κ2) is 7.30. The minimum atomic E-state index is -3.45. The molecule has 0 saturated heterocycles. The minimum Gasteiger partial charge on any atom is -0.493 e. The van der Waals surface area contributed by atoms with Crippen molar-refractivity contribution in [1.29, 1.82) is 0 Å². The molecular weight excluding hydrogens is 436 g/mol. The Morgan fingerprint density at radius 3 is 2.78 bits per heavy atom. The number of anilines is 1. The highest BCUT2D eigenvalue weighted by molar-refractivity contribution is 7.92. The molecule has 13 heteroatoms. The Balaban J connectivity index is 1.72. The fraction of sp³-hybridized carbons (Fsp3) is 0.211. The van der Waals surface area contributed by atoms with Gasteiger partial charge in [-0.3, -0.25) is 9.71 Å². The van der Waals surface area contributed by atoms with E-state index in [-0.39, 0.29) is 17.6 Å². The summed E-state index contributed by atoms with van der Waals surface area (Å²) in [5, 5.41) is 14.7. The zero-order valence-corrected chi connectivity index (χ0v) is 17.6. The molecule has 164 valence electrons. The average Bonchev–Trinajstić information content (AvgIpc) is 3.35. The van der Waals surface area contributed by atoms with Crippen LogP contribution in [-0.2, 0) is 10.0 Å². The van der Waals surface area contributed by atoms with Gasteiger partial charge in [-0.25, -0.2) is 23.2 Å². The van der Waals surface area contributed by atoms with E-state index in [1.807, 2.05) is 0 Å². The molecule has 0 amide bonds. The number of hydrogen-bond donors (Lipinski definition) is 4. The van der Waals surface area contributed by atoms with Crippen LogP contribution in [0.25, 0.3) is 23.1 Å². The van der Waals surface area contributed by atoms with E-state index in [0.717, 1.165) is 19.1 Å². The van der Waals surface area contributed by atoms with Gasteiger partial charge in [0.2, 0.25) is 21.5 Å². The molecule has 3 aromatic heterocycles. The Labute approximate surface area is 180 Å². The molecule has 5 rings (SSSR count). The highest BCUT2D eigenvalue weighted by Gasteiger charge is 2.21. The average molecular weight is 454 g/mol. The van der Waals surface area contributed by atoms with Gasteiger partial charge in [0.15, 0.2) is 11.5 Å². The molecule has 1 aromatic carbocycles. The number of sulfonamides is 1. The lowest BCUT2D eigenvalue weighted by atomic mass is 10.2. The second-order valence-electron chi connectivity index (χ2n) is 7.48. The lowest BCUT2D eigenvalue weighted by Crippen LogP contribution is -2.23. The number of benzene rings is 1. The fourth-order valence-electron chi connectivity index (χ4n) is 3.15. The van der Waals surface area contributed by atoms with Gasteiger partial charge in [0.25, 0.3) is 0 Å². The Morgan fingerprint density at radius 1 is 1.28 bits per heavy atom. The van der Waals surface area contributed by atoms with E-state index in [1.165, 1.54) is 16.8 Å². The van der Waals surface area contributed by atoms with Crippen molar-refractivity contribution in [3.05, 3.63) is 57.5 Å². The van der Waals surface area contributed by atoms with Crippen LogP contribution >= 0.6 is 0 Å². The third-order valence-electron chi connectivity index (χ3n) is 4.68. The molecule has 0 unspecified atom stereocenters. The summed E-state index contributed by atoms with van der Waals surface area (Å²) >= 11 is 0. The van der Waals surface area contributed by atoms with Crippen molar-refractivity contribution in [1.82, 2.24) is 29.5 Å². The fourth-order valence-corrected chi connectivity index (χ4v) is 3.70. The first-order valence-electron chi connectivity index (χ1n) is 9.66. The molecule has 3 heterocycles. The van der Waals surface area contributed by atoms with Crippen molar-refractivity contribution < 1.29 is 13.5 Å². The van der Waals surface area contributed by atoms with Crippen molar-refractivity contribution in [2.45, 2.75) is 18.9 Å². The Hall–Kier alpha value is -4.00. The first kappa shape index (κ1) is 19.9. The molecule has 32 heavy (non-hydrogen) atoms. The van der Waals surface area contributed by atoms with E-state index in [4.69, 9.17) is 0 Å². The van der Waals surface area contributed by atoms with Crippen LogP contribution in [0.15, 0.2) is 40.2 Å². The van der Waals surface area contributed by atoms with Gasteiger partial charge in [-0.15, -0.1) is 0 Å². The standard InChI is InChI=1S/C19H18N8O4S/c1-32(30,31)26-13-4-2-3-10(7-13)15-23-16-11(8-14-17(28)25-19(29)22-14)9-20-27(16)18(24-15)21-12-5-6-12/h2-4,7-9,12,26,28H,5-6H2,1H3,(H2,22,25,29). The Kier molecular flexibility index (Phi) is 4.55. The molecule has 0 spiro atoms. The molecule has 1 fully saturated rings. The van der Waals surface area contributed by atoms with Gasteiger partial charge in [-0.2, -0.15) is 14.6 Å². The van der Waals surface area contributed by atoms with E-state index >= 15 is 0 Å². The lowest BCUT2D eigenvalue weighted by molar-refractivity contribution is 0.454. The molecule has 0 bridgehead atoms. The van der Waals surface area contributed by atoms with Crippen molar-refractivity contribution in [2.24, 2.45) is 4.99 Å². The van der Waals surface area contributed by atoms with E-state index < -0.39 is 15.7 Å². The van der Waals surface area contributed by atoms with Gasteiger partial charge >= 0.3 is 5.69 Å². The van der Waals surface area contributed by atoms with Crippen LogP contribution in [0.1, 0.15) is 18.5 Å². The molecule has 0 radical (unpaired) electrons. The normalized spacial score (nSPS) is 15.5. The second-order valence-corrected chi connectivity index (χ2v) is 9.23. The summed E-state index contributed by atoms with van der Waals surface area (Å²) in [6.07, 6.45) is 6.07. The zero-order valence-electron chi connectivity index (χ0n) is 16.8. The molecule has 4 N–H and O–H groups in total. The third kappa shape index (κ3) is 4.09. The number of fused-ring (bicyclic) bond motifs is 1. The number of hydrogen-bond acceptors (Lipinski definition) is 8. The molecule has 0 aliphatic heterocycles. The van der Waals surface area contributed by atoms with Crippen molar-refractivity contribution in [2.75, 3.05) is 11.0 Å². The third-order valence-corrected chi connectivity index (χ3v) is 5.29. The van der Waals surface area contributed by atoms with Crippen LogP contribution < -0.4 is 21.2 Å². The van der Waals surface area contributed by atoms with Gasteiger partial charge in [0.1, 0.15) is 5.69 Å². The van der Waals surface area contributed by atoms with Crippen LogP contribution in [0, 0.1) is 0 Å². The molecule has 0 atom stereocenters. The number of nitrogens with one attached hydrogen (secondary N) is 3. The summed E-state index contributed by atoms with van der Waals surface area (Å²) in [6.45, 7) is 0. The molecule has 1 aliphatic carbocycles. The van der Waals surface area contributed by atoms with Crippen LogP contribution in [0.3, 0.4) is 0 Å². The van der Waals surface area contributed by atoms with Gasteiger partial charge in [-0.1, -0.05) is 12.1 Å². The number of rotatable bonds is 5. The van der Waals surface area contributed by atoms with Crippen molar-refractivity contribution in [3.8, 4) is 17.3 Å². The SMILES string of the molecule is CS(=O)(=O)Nc1cccc(-c2nc(=NC3CC3)n3ncc(=Cc4[nH]c(=O)[nH]c4O)c3n2)c1. The minimum absolute atomic E-state index is 0.167. The number of aromatic hydroxyl groups is 1. The number of aromatic nitrogens is 6. The maximum atomic E-state index is 11.6. The number of imidazole rings is 1. The number of nitrogens with zero attached hydrogens (tertiary/aromatic N) is 5. The van der Waals surface area contributed by atoms with E-state index in [0.29, 0.717) is 33.6 Å². The van der Waals surface area contributed by atoms with E-state index in [1.54, 1.807) is 24.3 Å². The topological polar surface area (TPSA) is 170 Å². The summed E-state index contributed by atoms with van der Waals surface area (Å²) in [5.74, 6) is 0.0297. The predicted molar refractivity (Wildman–Crippen MR) is 115 cm³/mol. The molecule has 1 aliphatic rings. The lowest BCUT2D eigenvalue weighted by Gasteiger charge is -2.06. The van der Waals surface area contributed by atoms with Gasteiger partial charge < -0.3 is 10.1 Å². The first-order valence-corrected chi connectivity index (χ1v) is 11.6. The molecule has 4 aromatic rings. The van der Waals surface area contributed by atoms with Gasteiger partial charge in [0.05, 0.1) is 18.5 Å². The highest BCUT2D eigenvalue weighted by atomic mass is 32.2. The van der Waals surface area contributed by atoms with Crippen LogP contribution in [-0.4, -0.2) is 55.4 Å². The quantitative estimate of drug-likeness (QED) is 0.315. The van der Waals surface area contributed by atoms with E-state index in [2.05, 4.69) is 34.7 Å². The van der Waals surface area contributed by atoms with Gasteiger partial charge in [0, 0.05) is 16.5 Å².